The van der Waals surface area contributed by atoms with Gasteiger partial charge in [-0.1, -0.05) is 88.4 Å². The summed E-state index contributed by atoms with van der Waals surface area (Å²) < 4.78 is 135. The quantitative estimate of drug-likeness (QED) is 0.158. The van der Waals surface area contributed by atoms with E-state index < -0.39 is 70.9 Å². The van der Waals surface area contributed by atoms with Crippen molar-refractivity contribution in [2.24, 2.45) is 0 Å². The third-order valence-electron chi connectivity index (χ3n) is 8.42. The Kier molecular flexibility index (Phi) is 9.80. The molecule has 0 amide bonds. The van der Waals surface area contributed by atoms with Gasteiger partial charge in [0.1, 0.15) is 6.67 Å². The first kappa shape index (κ1) is 36.9. The standard InChI is InChI=1S/C33H33F10NO2/c1-27(2,23-9-11-24(12-10-23)28(3,4)25-13-15-26(44)16-14-25)22-7-5-20(6-8-22)21(17-29(45,19-34)31(35,36)37)18-30(46,32(38,39)40)33(41,42)43/h5-16,18,45-46H,17,19,44H2,1-4H3/b21-18+. The van der Waals surface area contributed by atoms with E-state index in [0.717, 1.165) is 28.8 Å². The van der Waals surface area contributed by atoms with Gasteiger partial charge in [-0.05, 0) is 51.6 Å². The Morgan fingerprint density at radius 1 is 0.587 bits per heavy atom. The van der Waals surface area contributed by atoms with Crippen molar-refractivity contribution in [1.29, 1.82) is 0 Å². The van der Waals surface area contributed by atoms with Gasteiger partial charge in [-0.3, -0.25) is 0 Å². The number of nitrogen functional groups attached to an aromatic ring is 1. The van der Waals surface area contributed by atoms with E-state index in [9.17, 15) is 54.1 Å². The fourth-order valence-electron chi connectivity index (χ4n) is 4.99. The van der Waals surface area contributed by atoms with E-state index in [4.69, 9.17) is 5.73 Å². The third kappa shape index (κ3) is 7.05. The summed E-state index contributed by atoms with van der Waals surface area (Å²) in [5, 5.41) is 19.6. The average molecular weight is 666 g/mol. The number of nitrogens with two attached hydrogens (primary N) is 1. The van der Waals surface area contributed by atoms with Crippen LogP contribution in [0.15, 0.2) is 78.9 Å². The predicted octanol–water partition coefficient (Wildman–Crippen LogP) is 8.81. The lowest BCUT2D eigenvalue weighted by Crippen LogP contribution is -2.55. The minimum atomic E-state index is -6.42. The number of hydrogen-bond acceptors (Lipinski definition) is 3. The second-order valence-corrected chi connectivity index (χ2v) is 12.3. The highest BCUT2D eigenvalue weighted by atomic mass is 19.4. The molecule has 1 unspecified atom stereocenters. The SMILES string of the molecule is CC(C)(c1ccc(N)cc1)c1ccc(C(C)(C)c2ccc(/C(=C/C(O)(C(F)(F)F)C(F)(F)F)CC(O)(CF)C(F)(F)F)cc2)cc1. The summed E-state index contributed by atoms with van der Waals surface area (Å²) in [7, 11) is 0. The average Bonchev–Trinajstić information content (AvgIpc) is 2.95. The van der Waals surface area contributed by atoms with Crippen LogP contribution in [0.25, 0.3) is 5.57 Å². The number of halogens is 10. The summed E-state index contributed by atoms with van der Waals surface area (Å²) in [4.78, 5) is 0. The molecule has 3 rings (SSSR count). The molecule has 0 aliphatic rings. The monoisotopic (exact) mass is 665 g/mol. The first-order valence-electron chi connectivity index (χ1n) is 13.8. The van der Waals surface area contributed by atoms with Gasteiger partial charge in [0, 0.05) is 22.9 Å². The number of hydrogen-bond donors (Lipinski definition) is 3. The minimum absolute atomic E-state index is 0.409. The van der Waals surface area contributed by atoms with Crippen molar-refractivity contribution < 1.29 is 54.1 Å². The molecule has 3 aromatic rings. The maximum Gasteiger partial charge on any atom is 0.430 e. The molecule has 3 nitrogen and oxygen atoms in total. The van der Waals surface area contributed by atoms with Gasteiger partial charge in [-0.25, -0.2) is 4.39 Å². The number of alkyl halides is 10. The Balaban J connectivity index is 2.06. The summed E-state index contributed by atoms with van der Waals surface area (Å²) in [6.07, 6.45) is -21.5. The van der Waals surface area contributed by atoms with Gasteiger partial charge in [0.15, 0.2) is 5.60 Å². The molecule has 0 bridgehead atoms. The van der Waals surface area contributed by atoms with E-state index in [0.29, 0.717) is 11.3 Å². The van der Waals surface area contributed by atoms with Crippen LogP contribution >= 0.6 is 0 Å². The molecule has 0 aliphatic heterocycles. The van der Waals surface area contributed by atoms with Crippen molar-refractivity contribution in [2.75, 3.05) is 12.4 Å². The molecule has 13 heteroatoms. The Morgan fingerprint density at radius 3 is 1.22 bits per heavy atom. The normalized spacial score (nSPS) is 15.5. The molecule has 0 aromatic heterocycles. The van der Waals surface area contributed by atoms with Crippen LogP contribution in [-0.4, -0.2) is 46.6 Å². The zero-order valence-corrected chi connectivity index (χ0v) is 25.2. The Bertz CT molecular complexity index is 1510. The van der Waals surface area contributed by atoms with Crippen LogP contribution in [0.4, 0.5) is 49.6 Å². The fourth-order valence-corrected chi connectivity index (χ4v) is 4.99. The fraction of sp³-hybridized carbons (Fsp3) is 0.394. The number of benzene rings is 3. The maximum atomic E-state index is 13.5. The predicted molar refractivity (Wildman–Crippen MR) is 155 cm³/mol. The van der Waals surface area contributed by atoms with Gasteiger partial charge in [0.05, 0.1) is 0 Å². The second-order valence-electron chi connectivity index (χ2n) is 12.3. The highest BCUT2D eigenvalue weighted by molar-refractivity contribution is 5.68. The number of rotatable bonds is 9. The second kappa shape index (κ2) is 12.2. The molecule has 0 aliphatic carbocycles. The first-order valence-corrected chi connectivity index (χ1v) is 13.8. The molecule has 0 spiro atoms. The lowest BCUT2D eigenvalue weighted by molar-refractivity contribution is -0.347. The van der Waals surface area contributed by atoms with Crippen molar-refractivity contribution in [3.63, 3.8) is 0 Å². The Hall–Kier alpha value is -3.58. The van der Waals surface area contributed by atoms with Gasteiger partial charge in [0.2, 0.25) is 0 Å². The number of aliphatic hydroxyl groups is 2. The Labute approximate surface area is 259 Å². The lowest BCUT2D eigenvalue weighted by Gasteiger charge is -2.33. The van der Waals surface area contributed by atoms with Crippen LogP contribution in [0, 0.1) is 0 Å². The van der Waals surface area contributed by atoms with Crippen molar-refractivity contribution in [2.45, 2.75) is 74.7 Å². The lowest BCUT2D eigenvalue weighted by atomic mass is 9.74. The summed E-state index contributed by atoms with van der Waals surface area (Å²) in [5.74, 6) is 0. The molecule has 3 aromatic carbocycles. The van der Waals surface area contributed by atoms with E-state index >= 15 is 0 Å². The molecule has 252 valence electrons. The van der Waals surface area contributed by atoms with Crippen molar-refractivity contribution >= 4 is 11.3 Å². The molecule has 1 atom stereocenters. The van der Waals surface area contributed by atoms with Crippen molar-refractivity contribution in [1.82, 2.24) is 0 Å². The van der Waals surface area contributed by atoms with E-state index in [1.165, 1.54) is 12.1 Å². The molecule has 0 fully saturated rings. The minimum Gasteiger partial charge on any atom is -0.399 e. The number of anilines is 1. The van der Waals surface area contributed by atoms with Gasteiger partial charge in [0.25, 0.3) is 5.60 Å². The molecule has 0 saturated heterocycles. The van der Waals surface area contributed by atoms with Crippen molar-refractivity contribution in [3.8, 4) is 0 Å². The van der Waals surface area contributed by atoms with E-state index in [-0.39, 0.29) is 0 Å². The zero-order valence-electron chi connectivity index (χ0n) is 25.2. The largest absolute Gasteiger partial charge is 0.430 e. The van der Waals surface area contributed by atoms with Crippen LogP contribution in [0.1, 0.15) is 61.9 Å². The highest BCUT2D eigenvalue weighted by Gasteiger charge is 2.69. The molecule has 0 saturated carbocycles. The summed E-state index contributed by atoms with van der Waals surface area (Å²) in [6, 6.07) is 19.3. The van der Waals surface area contributed by atoms with E-state index in [1.54, 1.807) is 26.0 Å². The Morgan fingerprint density at radius 2 is 0.913 bits per heavy atom. The van der Waals surface area contributed by atoms with Crippen molar-refractivity contribution in [3.05, 3.63) is 107 Å². The zero-order chi connectivity index (χ0) is 35.1. The maximum absolute atomic E-state index is 13.5. The van der Waals surface area contributed by atoms with Crippen LogP contribution in [0.3, 0.4) is 0 Å². The first-order chi connectivity index (χ1) is 20.8. The molecular weight excluding hydrogens is 632 g/mol. The van der Waals surface area contributed by atoms with Crippen LogP contribution in [0.2, 0.25) is 0 Å². The van der Waals surface area contributed by atoms with Gasteiger partial charge in [-0.15, -0.1) is 0 Å². The third-order valence-corrected chi connectivity index (χ3v) is 8.42. The highest BCUT2D eigenvalue weighted by Crippen LogP contribution is 2.47. The van der Waals surface area contributed by atoms with Crippen LogP contribution in [-0.2, 0) is 10.8 Å². The van der Waals surface area contributed by atoms with E-state index in [2.05, 4.69) is 0 Å². The summed E-state index contributed by atoms with van der Waals surface area (Å²) >= 11 is 0. The van der Waals surface area contributed by atoms with Gasteiger partial charge < -0.3 is 15.9 Å². The molecule has 0 radical (unpaired) electrons. The molecule has 4 N–H and O–H groups in total. The molecule has 46 heavy (non-hydrogen) atoms. The van der Waals surface area contributed by atoms with Gasteiger partial charge in [-0.2, -0.15) is 39.5 Å². The van der Waals surface area contributed by atoms with Gasteiger partial charge >= 0.3 is 18.5 Å². The summed E-state index contributed by atoms with van der Waals surface area (Å²) in [6.45, 7) is 5.02. The summed E-state index contributed by atoms with van der Waals surface area (Å²) in [5.41, 5.74) is -3.65. The van der Waals surface area contributed by atoms with E-state index in [1.807, 2.05) is 50.2 Å². The molecule has 0 heterocycles. The van der Waals surface area contributed by atoms with Crippen LogP contribution in [0.5, 0.6) is 0 Å². The molecular formula is C33H33F10NO2. The smallest absolute Gasteiger partial charge is 0.399 e. The topological polar surface area (TPSA) is 66.5 Å². The van der Waals surface area contributed by atoms with Crippen LogP contribution < -0.4 is 5.73 Å².